The Bertz CT molecular complexity index is 2560. The summed E-state index contributed by atoms with van der Waals surface area (Å²) in [5.41, 5.74) is 9.26. The Morgan fingerprint density at radius 2 is 1.73 bits per heavy atom. The number of hydrogen-bond acceptors (Lipinski definition) is 11. The first-order chi connectivity index (χ1) is 28.9. The maximum Gasteiger partial charge on any atom is 0.293 e. The van der Waals surface area contributed by atoms with Crippen molar-refractivity contribution in [3.8, 4) is 22.5 Å². The molecule has 4 atom stereocenters. The fraction of sp³-hybridized carbons (Fsp3) is 0.391. The average molecular weight is 807 g/mol. The highest BCUT2D eigenvalue weighted by Gasteiger charge is 2.40. The van der Waals surface area contributed by atoms with Crippen LogP contribution in [0.25, 0.3) is 33.5 Å². The SMILES string of the molecule is Cc1cc(-c2[nH]nc3ncc(-c4ccc(N5CC6CN(CCc7ccc(C8CCC(=O)NC8=O)cc7)CC6C5)cn4)cc23)ccc1[C@@H](C)NC(=O)c1noc(C(C)(C)C)n1. The molecule has 0 radical (unpaired) electrons. The Labute approximate surface area is 348 Å². The molecule has 308 valence electrons. The number of aryl methyl sites for hydroxylation is 1. The number of piperidine rings is 1. The van der Waals surface area contributed by atoms with Gasteiger partial charge in [-0.05, 0) is 85.0 Å². The first-order valence-corrected chi connectivity index (χ1v) is 20.8. The molecule has 3 unspecified atom stereocenters. The Kier molecular flexibility index (Phi) is 10.3. The van der Waals surface area contributed by atoms with Crippen molar-refractivity contribution in [3.63, 3.8) is 0 Å². The van der Waals surface area contributed by atoms with Crippen molar-refractivity contribution >= 4 is 34.4 Å². The zero-order valence-electron chi connectivity index (χ0n) is 34.7. The lowest BCUT2D eigenvalue weighted by molar-refractivity contribution is -0.134. The van der Waals surface area contributed by atoms with Gasteiger partial charge in [0, 0.05) is 67.3 Å². The Morgan fingerprint density at radius 3 is 2.42 bits per heavy atom. The second-order valence-electron chi connectivity index (χ2n) is 17.7. The highest BCUT2D eigenvalue weighted by atomic mass is 16.5. The van der Waals surface area contributed by atoms with E-state index in [1.165, 1.54) is 5.56 Å². The van der Waals surface area contributed by atoms with Gasteiger partial charge in [-0.15, -0.1) is 0 Å². The first-order valence-electron chi connectivity index (χ1n) is 20.8. The topological polar surface area (TPSA) is 175 Å². The molecule has 6 aromatic rings. The summed E-state index contributed by atoms with van der Waals surface area (Å²) in [5, 5.41) is 17.9. The molecule has 7 heterocycles. The van der Waals surface area contributed by atoms with Gasteiger partial charge in [0.25, 0.3) is 11.7 Å². The molecule has 60 heavy (non-hydrogen) atoms. The van der Waals surface area contributed by atoms with Crippen LogP contribution in [0.1, 0.15) is 91.3 Å². The molecule has 3 aliphatic heterocycles. The van der Waals surface area contributed by atoms with E-state index in [1.54, 1.807) is 0 Å². The van der Waals surface area contributed by atoms with Gasteiger partial charge in [0.05, 0.1) is 35.2 Å². The maximum absolute atomic E-state index is 12.9. The number of fused-ring (bicyclic) bond motifs is 2. The number of nitrogens with one attached hydrogen (secondary N) is 3. The first kappa shape index (κ1) is 39.2. The van der Waals surface area contributed by atoms with Gasteiger partial charge in [-0.3, -0.25) is 29.8 Å². The number of carbonyl (C=O) groups excluding carboxylic acids is 3. The van der Waals surface area contributed by atoms with Gasteiger partial charge < -0.3 is 19.6 Å². The van der Waals surface area contributed by atoms with Crippen LogP contribution >= 0.6 is 0 Å². The van der Waals surface area contributed by atoms with Gasteiger partial charge in [0.1, 0.15) is 0 Å². The molecule has 2 aromatic carbocycles. The number of aromatic nitrogens is 6. The van der Waals surface area contributed by atoms with Crippen LogP contribution in [0.15, 0.2) is 77.6 Å². The van der Waals surface area contributed by atoms with Crippen molar-refractivity contribution in [1.82, 2.24) is 45.8 Å². The fourth-order valence-corrected chi connectivity index (χ4v) is 8.98. The van der Waals surface area contributed by atoms with Crippen LogP contribution < -0.4 is 15.5 Å². The van der Waals surface area contributed by atoms with E-state index in [2.05, 4.69) is 82.2 Å². The summed E-state index contributed by atoms with van der Waals surface area (Å²) in [7, 11) is 0. The summed E-state index contributed by atoms with van der Waals surface area (Å²) in [5.74, 6) is 0.696. The second kappa shape index (κ2) is 15.7. The molecule has 14 nitrogen and oxygen atoms in total. The number of nitrogens with zero attached hydrogens (tertiary/aromatic N) is 7. The lowest BCUT2D eigenvalue weighted by Gasteiger charge is -2.23. The van der Waals surface area contributed by atoms with Crippen molar-refractivity contribution in [3.05, 3.63) is 107 Å². The molecule has 9 rings (SSSR count). The van der Waals surface area contributed by atoms with E-state index in [1.807, 2.05) is 71.3 Å². The number of anilines is 1. The Hall–Kier alpha value is -6.28. The van der Waals surface area contributed by atoms with E-state index in [9.17, 15) is 14.4 Å². The number of aromatic amines is 1. The number of rotatable bonds is 10. The molecule has 14 heteroatoms. The molecule has 0 aliphatic carbocycles. The molecule has 4 aromatic heterocycles. The normalized spacial score (nSPS) is 20.1. The number of hydrogen-bond donors (Lipinski definition) is 3. The number of imide groups is 1. The predicted octanol–water partition coefficient (Wildman–Crippen LogP) is 6.30. The molecule has 3 fully saturated rings. The van der Waals surface area contributed by atoms with E-state index in [-0.39, 0.29) is 40.9 Å². The van der Waals surface area contributed by atoms with Crippen LogP contribution in [-0.2, 0) is 21.4 Å². The Morgan fingerprint density at radius 1 is 0.950 bits per heavy atom. The molecule has 3 saturated heterocycles. The van der Waals surface area contributed by atoms with Crippen LogP contribution in [-0.4, -0.2) is 85.7 Å². The summed E-state index contributed by atoms with van der Waals surface area (Å²) in [4.78, 5) is 55.7. The van der Waals surface area contributed by atoms with Crippen LogP contribution in [0.2, 0.25) is 0 Å². The van der Waals surface area contributed by atoms with Crippen molar-refractivity contribution in [2.45, 2.75) is 71.3 Å². The van der Waals surface area contributed by atoms with E-state index in [4.69, 9.17) is 9.51 Å². The zero-order chi connectivity index (χ0) is 41.7. The quantitative estimate of drug-likeness (QED) is 0.133. The number of pyridine rings is 2. The van der Waals surface area contributed by atoms with Crippen molar-refractivity contribution < 1.29 is 18.9 Å². The van der Waals surface area contributed by atoms with Gasteiger partial charge in [-0.1, -0.05) is 62.3 Å². The molecule has 3 N–H and O–H groups in total. The van der Waals surface area contributed by atoms with Crippen LogP contribution in [0.3, 0.4) is 0 Å². The smallest absolute Gasteiger partial charge is 0.293 e. The average Bonchev–Trinajstić information content (AvgIpc) is 4.04. The highest BCUT2D eigenvalue weighted by molar-refractivity contribution is 6.01. The highest BCUT2D eigenvalue weighted by Crippen LogP contribution is 2.36. The fourth-order valence-electron chi connectivity index (χ4n) is 8.98. The van der Waals surface area contributed by atoms with Crippen LogP contribution in [0.4, 0.5) is 5.69 Å². The van der Waals surface area contributed by atoms with Crippen molar-refractivity contribution in [2.24, 2.45) is 11.8 Å². The van der Waals surface area contributed by atoms with Gasteiger partial charge in [0.2, 0.25) is 17.7 Å². The monoisotopic (exact) mass is 806 g/mol. The lowest BCUT2D eigenvalue weighted by atomic mass is 9.90. The minimum Gasteiger partial charge on any atom is -0.370 e. The van der Waals surface area contributed by atoms with Crippen LogP contribution in [0.5, 0.6) is 0 Å². The minimum atomic E-state index is -0.387. The molecule has 3 aliphatic rings. The largest absolute Gasteiger partial charge is 0.370 e. The van der Waals surface area contributed by atoms with E-state index in [0.717, 1.165) is 89.4 Å². The molecule has 0 saturated carbocycles. The second-order valence-corrected chi connectivity index (χ2v) is 17.7. The molecular formula is C46H50N10O4. The van der Waals surface area contributed by atoms with Crippen LogP contribution in [0, 0.1) is 18.8 Å². The van der Waals surface area contributed by atoms with Gasteiger partial charge in [-0.25, -0.2) is 4.98 Å². The summed E-state index contributed by atoms with van der Waals surface area (Å²) >= 11 is 0. The van der Waals surface area contributed by atoms with Crippen molar-refractivity contribution in [1.29, 1.82) is 0 Å². The zero-order valence-corrected chi connectivity index (χ0v) is 34.7. The number of H-pyrrole nitrogens is 1. The summed E-state index contributed by atoms with van der Waals surface area (Å²) in [6, 6.07) is 20.6. The summed E-state index contributed by atoms with van der Waals surface area (Å²) < 4.78 is 5.31. The predicted molar refractivity (Wildman–Crippen MR) is 227 cm³/mol. The van der Waals surface area contributed by atoms with Gasteiger partial charge in [-0.2, -0.15) is 10.1 Å². The maximum atomic E-state index is 12.9. The summed E-state index contributed by atoms with van der Waals surface area (Å²) in [6.07, 6.45) is 5.75. The lowest BCUT2D eigenvalue weighted by Crippen LogP contribution is -2.39. The van der Waals surface area contributed by atoms with Gasteiger partial charge >= 0.3 is 0 Å². The van der Waals surface area contributed by atoms with Crippen molar-refractivity contribution in [2.75, 3.05) is 37.6 Å². The number of carbonyl (C=O) groups is 3. The standard InChI is InChI=1S/C46H50N10O4/c1-26-18-30(10-12-35(26)27(2)49-44(59)42-51-45(60-54-42)46(3,4)5)40-37-19-31(20-48-41(37)53-52-40)38-14-11-34(21-47-38)56-24-32-22-55(23-33(32)25-56)17-16-28-6-8-29(9-7-28)36-13-15-39(57)50-43(36)58/h6-12,14,18-21,27,32-33,36H,13,15-17,22-25H2,1-5H3,(H,49,59)(H,48,52,53)(H,50,57,58)/t27-,32?,33?,36?/m1/s1. The third kappa shape index (κ3) is 7.91. The molecular weight excluding hydrogens is 757 g/mol. The third-order valence-electron chi connectivity index (χ3n) is 12.4. The minimum absolute atomic E-state index is 0.0193. The molecule has 3 amide bonds. The third-order valence-corrected chi connectivity index (χ3v) is 12.4. The number of likely N-dealkylation sites (tertiary alicyclic amines) is 1. The summed E-state index contributed by atoms with van der Waals surface area (Å²) in [6.45, 7) is 15.1. The Balaban J connectivity index is 0.799. The molecule has 0 spiro atoms. The number of amides is 3. The number of benzene rings is 2. The van der Waals surface area contributed by atoms with Gasteiger partial charge in [0.15, 0.2) is 5.65 Å². The van der Waals surface area contributed by atoms with E-state index < -0.39 is 0 Å². The van der Waals surface area contributed by atoms with E-state index >= 15 is 0 Å². The van der Waals surface area contributed by atoms with E-state index in [0.29, 0.717) is 36.2 Å². The molecule has 0 bridgehead atoms.